The molecule has 0 aliphatic heterocycles. The second-order valence-corrected chi connectivity index (χ2v) is 6.63. The van der Waals surface area contributed by atoms with E-state index in [1.165, 1.54) is 0 Å². The van der Waals surface area contributed by atoms with Crippen LogP contribution in [0.3, 0.4) is 0 Å². The van der Waals surface area contributed by atoms with Crippen molar-refractivity contribution in [1.29, 1.82) is 0 Å². The van der Waals surface area contributed by atoms with Crippen LogP contribution in [0, 0.1) is 0 Å². The summed E-state index contributed by atoms with van der Waals surface area (Å²) < 4.78 is 7.29. The van der Waals surface area contributed by atoms with Gasteiger partial charge < -0.3 is 4.74 Å². The average molecular weight is 375 g/mol. The van der Waals surface area contributed by atoms with Gasteiger partial charge in [0.25, 0.3) is 0 Å². The second kappa shape index (κ2) is 7.29. The van der Waals surface area contributed by atoms with Gasteiger partial charge in [-0.05, 0) is 17.2 Å². The number of rotatable bonds is 5. The van der Waals surface area contributed by atoms with Crippen LogP contribution in [0.4, 0.5) is 0 Å². The van der Waals surface area contributed by atoms with Gasteiger partial charge in [-0.3, -0.25) is 0 Å². The molecule has 0 saturated carbocycles. The van der Waals surface area contributed by atoms with E-state index in [1.807, 2.05) is 71.5 Å². The topological polar surface area (TPSA) is 27.1 Å². The minimum Gasteiger partial charge on any atom is -0.480 e. The Kier molecular flexibility index (Phi) is 4.69. The Labute approximate surface area is 163 Å². The highest BCUT2D eigenvalue weighted by atomic mass is 35.5. The van der Waals surface area contributed by atoms with Crippen LogP contribution < -0.4 is 4.74 Å². The Morgan fingerprint density at radius 2 is 1.33 bits per heavy atom. The summed E-state index contributed by atoms with van der Waals surface area (Å²) in [5, 5.41) is 5.39. The van der Waals surface area contributed by atoms with Gasteiger partial charge in [-0.1, -0.05) is 90.5 Å². The van der Waals surface area contributed by atoms with E-state index in [-0.39, 0.29) is 0 Å². The molecular weight excluding hydrogens is 356 g/mol. The number of ether oxygens (including phenoxy) is 1. The van der Waals surface area contributed by atoms with Crippen LogP contribution in [-0.4, -0.2) is 16.9 Å². The molecule has 0 amide bonds. The van der Waals surface area contributed by atoms with E-state index >= 15 is 0 Å². The van der Waals surface area contributed by atoms with Crippen molar-refractivity contribution in [2.75, 3.05) is 7.11 Å². The van der Waals surface area contributed by atoms with Crippen molar-refractivity contribution in [3.8, 4) is 5.88 Å². The lowest BCUT2D eigenvalue weighted by molar-refractivity contribution is 0.373. The van der Waals surface area contributed by atoms with E-state index in [1.54, 1.807) is 7.11 Å². The summed E-state index contributed by atoms with van der Waals surface area (Å²) in [7, 11) is 1.62. The van der Waals surface area contributed by atoms with Gasteiger partial charge in [-0.25, -0.2) is 4.68 Å². The molecule has 1 heterocycles. The molecule has 0 radical (unpaired) electrons. The van der Waals surface area contributed by atoms with Crippen LogP contribution in [0.5, 0.6) is 5.88 Å². The molecule has 1 aromatic heterocycles. The first-order chi connectivity index (χ1) is 13.3. The fourth-order valence-electron chi connectivity index (χ4n) is 3.58. The number of halogens is 1. The molecule has 0 aliphatic rings. The SMILES string of the molecule is COc1ccn(C(c2ccccc2)(c2ccccc2)c2ccccc2Cl)n1. The van der Waals surface area contributed by atoms with Crippen molar-refractivity contribution in [3.05, 3.63) is 119 Å². The number of methoxy groups -OCH3 is 1. The molecular formula is C23H19ClN2O. The van der Waals surface area contributed by atoms with Crippen LogP contribution in [0.15, 0.2) is 97.2 Å². The Morgan fingerprint density at radius 1 is 0.778 bits per heavy atom. The van der Waals surface area contributed by atoms with Crippen molar-refractivity contribution in [1.82, 2.24) is 9.78 Å². The highest BCUT2D eigenvalue weighted by molar-refractivity contribution is 6.31. The summed E-state index contributed by atoms with van der Waals surface area (Å²) in [6.07, 6.45) is 1.93. The minimum atomic E-state index is -0.725. The lowest BCUT2D eigenvalue weighted by atomic mass is 9.77. The van der Waals surface area contributed by atoms with Crippen LogP contribution in [0.2, 0.25) is 5.02 Å². The van der Waals surface area contributed by atoms with Crippen molar-refractivity contribution in [3.63, 3.8) is 0 Å². The zero-order valence-electron chi connectivity index (χ0n) is 14.9. The quantitative estimate of drug-likeness (QED) is 0.438. The highest BCUT2D eigenvalue weighted by Gasteiger charge is 2.40. The van der Waals surface area contributed by atoms with Gasteiger partial charge in [0.05, 0.1) is 7.11 Å². The average Bonchev–Trinajstić information content (AvgIpc) is 3.21. The Morgan fingerprint density at radius 3 is 1.85 bits per heavy atom. The summed E-state index contributed by atoms with van der Waals surface area (Å²) in [5.41, 5.74) is 2.36. The first-order valence-corrected chi connectivity index (χ1v) is 9.11. The fraction of sp³-hybridized carbons (Fsp3) is 0.0870. The molecule has 0 saturated heterocycles. The lowest BCUT2D eigenvalue weighted by Gasteiger charge is -2.36. The van der Waals surface area contributed by atoms with E-state index in [4.69, 9.17) is 21.4 Å². The van der Waals surface area contributed by atoms with Gasteiger partial charge in [0.15, 0.2) is 0 Å². The molecule has 0 atom stereocenters. The summed E-state index contributed by atoms with van der Waals surface area (Å²) in [6, 6.07) is 30.3. The molecule has 3 aromatic carbocycles. The molecule has 0 fully saturated rings. The summed E-state index contributed by atoms with van der Waals surface area (Å²) in [4.78, 5) is 0. The standard InChI is InChI=1S/C23H19ClN2O/c1-27-22-16-17-26(25-22)23(18-10-4-2-5-11-18,19-12-6-3-7-13-19)20-14-8-9-15-21(20)24/h2-17H,1H3. The first kappa shape index (κ1) is 17.4. The Balaban J connectivity index is 2.14. The molecule has 0 spiro atoms. The summed E-state index contributed by atoms with van der Waals surface area (Å²) in [6.45, 7) is 0. The van der Waals surface area contributed by atoms with Crippen molar-refractivity contribution >= 4 is 11.6 Å². The number of hydrogen-bond acceptors (Lipinski definition) is 2. The van der Waals surface area contributed by atoms with Gasteiger partial charge in [0, 0.05) is 22.8 Å². The predicted octanol–water partition coefficient (Wildman–Crippen LogP) is 5.39. The van der Waals surface area contributed by atoms with Crippen molar-refractivity contribution in [2.45, 2.75) is 5.54 Å². The van der Waals surface area contributed by atoms with Gasteiger partial charge in [-0.2, -0.15) is 0 Å². The van der Waals surface area contributed by atoms with E-state index in [0.717, 1.165) is 16.7 Å². The third-order valence-electron chi connectivity index (χ3n) is 4.76. The number of aromatic nitrogens is 2. The molecule has 4 aromatic rings. The zero-order valence-corrected chi connectivity index (χ0v) is 15.7. The molecule has 0 bridgehead atoms. The maximum atomic E-state index is 6.73. The summed E-state index contributed by atoms with van der Waals surface area (Å²) in [5.74, 6) is 0.554. The van der Waals surface area contributed by atoms with Crippen LogP contribution in [-0.2, 0) is 5.54 Å². The maximum absolute atomic E-state index is 6.73. The minimum absolute atomic E-state index is 0.554. The molecule has 4 heteroatoms. The Hall–Kier alpha value is -3.04. The molecule has 3 nitrogen and oxygen atoms in total. The monoisotopic (exact) mass is 374 g/mol. The third kappa shape index (κ3) is 2.90. The second-order valence-electron chi connectivity index (χ2n) is 6.22. The normalized spacial score (nSPS) is 11.3. The van der Waals surface area contributed by atoms with Crippen LogP contribution >= 0.6 is 11.6 Å². The number of nitrogens with zero attached hydrogens (tertiary/aromatic N) is 2. The largest absolute Gasteiger partial charge is 0.480 e. The molecule has 0 unspecified atom stereocenters. The fourth-order valence-corrected chi connectivity index (χ4v) is 3.85. The van der Waals surface area contributed by atoms with Gasteiger partial charge in [-0.15, -0.1) is 5.10 Å². The van der Waals surface area contributed by atoms with Gasteiger partial charge in [0.2, 0.25) is 5.88 Å². The maximum Gasteiger partial charge on any atom is 0.232 e. The predicted molar refractivity (Wildman–Crippen MR) is 108 cm³/mol. The van der Waals surface area contributed by atoms with E-state index in [0.29, 0.717) is 10.9 Å². The third-order valence-corrected chi connectivity index (χ3v) is 5.09. The van der Waals surface area contributed by atoms with E-state index in [9.17, 15) is 0 Å². The molecule has 0 aliphatic carbocycles. The Bertz CT molecular complexity index is 989. The molecule has 27 heavy (non-hydrogen) atoms. The molecule has 4 rings (SSSR count). The van der Waals surface area contributed by atoms with E-state index < -0.39 is 5.54 Å². The first-order valence-electron chi connectivity index (χ1n) is 8.73. The zero-order chi connectivity index (χ0) is 18.7. The van der Waals surface area contributed by atoms with Crippen LogP contribution in [0.25, 0.3) is 0 Å². The highest BCUT2D eigenvalue weighted by Crippen LogP contribution is 2.43. The van der Waals surface area contributed by atoms with E-state index in [2.05, 4.69) is 30.3 Å². The smallest absolute Gasteiger partial charge is 0.232 e. The summed E-state index contributed by atoms with van der Waals surface area (Å²) >= 11 is 6.73. The van der Waals surface area contributed by atoms with Crippen LogP contribution in [0.1, 0.15) is 16.7 Å². The van der Waals surface area contributed by atoms with Crippen molar-refractivity contribution < 1.29 is 4.74 Å². The molecule has 0 N–H and O–H groups in total. The lowest BCUT2D eigenvalue weighted by Crippen LogP contribution is -2.38. The molecule has 134 valence electrons. The van der Waals surface area contributed by atoms with Crippen molar-refractivity contribution in [2.24, 2.45) is 0 Å². The van der Waals surface area contributed by atoms with Gasteiger partial charge >= 0.3 is 0 Å². The van der Waals surface area contributed by atoms with Gasteiger partial charge in [0.1, 0.15) is 5.54 Å². The number of hydrogen-bond donors (Lipinski definition) is 0. The number of benzene rings is 3.